The number of carbonyl (C=O) groups is 3. The number of rotatable bonds is 9. The van der Waals surface area contributed by atoms with Crippen LogP contribution in [0.15, 0.2) is 53.4 Å². The summed E-state index contributed by atoms with van der Waals surface area (Å²) in [6.45, 7) is 6.93. The van der Waals surface area contributed by atoms with Gasteiger partial charge in [-0.25, -0.2) is 0 Å². The van der Waals surface area contributed by atoms with Crippen LogP contribution in [-0.2, 0) is 15.8 Å². The molecule has 0 aromatic heterocycles. The third-order valence-electron chi connectivity index (χ3n) is 6.39. The Morgan fingerprint density at radius 1 is 1.02 bits per heavy atom. The van der Waals surface area contributed by atoms with E-state index in [1.165, 1.54) is 24.3 Å². The maximum Gasteiger partial charge on any atom is 0.416 e. The lowest BCUT2D eigenvalue weighted by Crippen LogP contribution is -2.36. The second-order valence-corrected chi connectivity index (χ2v) is 10.8. The van der Waals surface area contributed by atoms with Gasteiger partial charge >= 0.3 is 11.9 Å². The van der Waals surface area contributed by atoms with Gasteiger partial charge in [-0.05, 0) is 86.5 Å². The molecule has 0 atom stereocenters. The summed E-state index contributed by atoms with van der Waals surface area (Å²) in [6, 6.07) is 9.97. The Kier molecular flexibility index (Phi) is 9.33. The maximum atomic E-state index is 13.1. The lowest BCUT2D eigenvalue weighted by molar-refractivity contribution is -0.385. The molecule has 3 amide bonds. The fraction of sp³-hybridized carbons (Fsp3) is 0.233. The average molecular weight is 630 g/mol. The van der Waals surface area contributed by atoms with E-state index in [1.54, 1.807) is 6.92 Å². The van der Waals surface area contributed by atoms with Crippen LogP contribution < -0.4 is 14.8 Å². The maximum absolute atomic E-state index is 13.1. The Morgan fingerprint density at radius 2 is 1.68 bits per heavy atom. The number of nitro groups is 1. The van der Waals surface area contributed by atoms with Crippen molar-refractivity contribution in [2.24, 2.45) is 0 Å². The van der Waals surface area contributed by atoms with Gasteiger partial charge in [0.1, 0.15) is 6.54 Å². The highest BCUT2D eigenvalue weighted by molar-refractivity contribution is 8.18. The van der Waals surface area contributed by atoms with Crippen molar-refractivity contribution in [1.29, 1.82) is 0 Å². The molecule has 0 bridgehead atoms. The number of nitrogens with one attached hydrogen (secondary N) is 1. The molecule has 1 heterocycles. The van der Waals surface area contributed by atoms with E-state index in [-0.39, 0.29) is 23.0 Å². The van der Waals surface area contributed by atoms with Crippen molar-refractivity contribution >= 4 is 46.3 Å². The van der Waals surface area contributed by atoms with Crippen LogP contribution >= 0.6 is 11.8 Å². The molecule has 0 saturated carbocycles. The van der Waals surface area contributed by atoms with Gasteiger partial charge in [0, 0.05) is 11.8 Å². The molecule has 0 unspecified atom stereocenters. The monoisotopic (exact) mass is 629 g/mol. The Bertz CT molecular complexity index is 1680. The molecule has 10 nitrogen and oxygen atoms in total. The summed E-state index contributed by atoms with van der Waals surface area (Å²) in [5.41, 5.74) is 1.62. The number of hydrogen-bond acceptors (Lipinski definition) is 8. The van der Waals surface area contributed by atoms with Crippen LogP contribution in [0, 0.1) is 30.9 Å². The van der Waals surface area contributed by atoms with Gasteiger partial charge in [-0.2, -0.15) is 13.2 Å². The molecule has 0 spiro atoms. The van der Waals surface area contributed by atoms with E-state index in [2.05, 4.69) is 5.32 Å². The minimum absolute atomic E-state index is 0.0293. The number of benzene rings is 3. The van der Waals surface area contributed by atoms with E-state index in [0.717, 1.165) is 27.7 Å². The van der Waals surface area contributed by atoms with Gasteiger partial charge in [0.05, 0.1) is 22.0 Å². The van der Waals surface area contributed by atoms with Gasteiger partial charge in [-0.15, -0.1) is 0 Å². The number of aryl methyl sites for hydroxylation is 3. The molecule has 0 radical (unpaired) electrons. The summed E-state index contributed by atoms with van der Waals surface area (Å²) in [4.78, 5) is 49.8. The van der Waals surface area contributed by atoms with E-state index in [1.807, 2.05) is 32.9 Å². The zero-order chi connectivity index (χ0) is 32.3. The van der Waals surface area contributed by atoms with E-state index in [4.69, 9.17) is 9.47 Å². The number of amides is 3. The van der Waals surface area contributed by atoms with Crippen LogP contribution in [0.5, 0.6) is 17.2 Å². The molecule has 3 aromatic carbocycles. The first-order chi connectivity index (χ1) is 20.7. The van der Waals surface area contributed by atoms with Gasteiger partial charge < -0.3 is 14.8 Å². The van der Waals surface area contributed by atoms with E-state index in [0.29, 0.717) is 35.1 Å². The zero-order valence-electron chi connectivity index (χ0n) is 23.9. The molecule has 230 valence electrons. The third-order valence-corrected chi connectivity index (χ3v) is 7.29. The van der Waals surface area contributed by atoms with Gasteiger partial charge in [-0.3, -0.25) is 29.4 Å². The number of imide groups is 1. The molecule has 14 heteroatoms. The molecular formula is C30H26F3N3O7S. The van der Waals surface area contributed by atoms with Crippen molar-refractivity contribution in [1.82, 2.24) is 4.90 Å². The first kappa shape index (κ1) is 32.1. The molecule has 44 heavy (non-hydrogen) atoms. The molecule has 1 N–H and O–H groups in total. The van der Waals surface area contributed by atoms with Crippen LogP contribution in [0.1, 0.15) is 34.7 Å². The van der Waals surface area contributed by atoms with Crippen molar-refractivity contribution in [2.75, 3.05) is 18.5 Å². The molecular weight excluding hydrogens is 603 g/mol. The van der Waals surface area contributed by atoms with Crippen LogP contribution in [0.25, 0.3) is 6.08 Å². The second-order valence-electron chi connectivity index (χ2n) is 9.77. The lowest BCUT2D eigenvalue weighted by Gasteiger charge is -2.16. The summed E-state index contributed by atoms with van der Waals surface area (Å²) in [5.74, 6) is -1.60. The quantitative estimate of drug-likeness (QED) is 0.147. The zero-order valence-corrected chi connectivity index (χ0v) is 24.7. The number of anilines is 1. The largest absolute Gasteiger partial charge is 0.490 e. The molecule has 1 aliphatic heterocycles. The van der Waals surface area contributed by atoms with Crippen molar-refractivity contribution in [3.8, 4) is 17.2 Å². The van der Waals surface area contributed by atoms with Gasteiger partial charge in [0.15, 0.2) is 11.5 Å². The molecule has 0 aliphatic carbocycles. The first-order valence-corrected chi connectivity index (χ1v) is 13.9. The van der Waals surface area contributed by atoms with Crippen LogP contribution in [0.3, 0.4) is 0 Å². The van der Waals surface area contributed by atoms with Crippen molar-refractivity contribution in [3.63, 3.8) is 0 Å². The fourth-order valence-corrected chi connectivity index (χ4v) is 5.33. The van der Waals surface area contributed by atoms with Gasteiger partial charge in [0.25, 0.3) is 11.1 Å². The number of carbonyl (C=O) groups excluding carboxylic acids is 3. The molecule has 1 saturated heterocycles. The number of nitrogens with zero attached hydrogens (tertiary/aromatic N) is 2. The van der Waals surface area contributed by atoms with E-state index < -0.39 is 51.7 Å². The number of ether oxygens (including phenoxy) is 2. The van der Waals surface area contributed by atoms with E-state index in [9.17, 15) is 37.7 Å². The summed E-state index contributed by atoms with van der Waals surface area (Å²) in [7, 11) is 0. The highest BCUT2D eigenvalue weighted by Gasteiger charge is 2.37. The van der Waals surface area contributed by atoms with Crippen molar-refractivity contribution in [2.45, 2.75) is 33.9 Å². The number of alkyl halides is 3. The highest BCUT2D eigenvalue weighted by Crippen LogP contribution is 2.41. The Hall–Kier alpha value is -4.85. The minimum atomic E-state index is -4.79. The van der Waals surface area contributed by atoms with Gasteiger partial charge in [0.2, 0.25) is 11.7 Å². The van der Waals surface area contributed by atoms with E-state index >= 15 is 0 Å². The summed E-state index contributed by atoms with van der Waals surface area (Å²) < 4.78 is 50.4. The number of halogens is 3. The Morgan fingerprint density at radius 3 is 2.30 bits per heavy atom. The summed E-state index contributed by atoms with van der Waals surface area (Å²) in [6.07, 6.45) is -3.38. The molecule has 1 aliphatic rings. The Labute approximate surface area is 254 Å². The summed E-state index contributed by atoms with van der Waals surface area (Å²) >= 11 is 0.647. The fourth-order valence-electron chi connectivity index (χ4n) is 4.50. The normalized spacial score (nSPS) is 14.2. The minimum Gasteiger partial charge on any atom is -0.490 e. The Balaban J connectivity index is 1.54. The predicted octanol–water partition coefficient (Wildman–Crippen LogP) is 7.40. The topological polar surface area (TPSA) is 128 Å². The standard InChI is InChI=1S/C30H26F3N3O7S/c1-5-42-24-12-19(6-8-23(24)43-22-9-7-20(30(31,32)33)14-21(22)36(40)41)13-25-28(38)35(29(39)44-25)15-26(37)34-27-17(3)10-16(2)11-18(27)4/h6-14H,5,15H2,1-4H3,(H,34,37)/b25-13+. The smallest absolute Gasteiger partial charge is 0.416 e. The number of thioether (sulfide) groups is 1. The number of nitro benzene ring substituents is 1. The molecule has 1 fully saturated rings. The van der Waals surface area contributed by atoms with Crippen molar-refractivity contribution < 1.29 is 42.0 Å². The lowest BCUT2D eigenvalue weighted by atomic mass is 10.1. The third kappa shape index (κ3) is 7.19. The SMILES string of the molecule is CCOc1cc(/C=C2/SC(=O)N(CC(=O)Nc3c(C)cc(C)cc3C)C2=O)ccc1Oc1ccc(C(F)(F)F)cc1[N+](=O)[O-]. The number of hydrogen-bond donors (Lipinski definition) is 1. The van der Waals surface area contributed by atoms with Crippen molar-refractivity contribution in [3.05, 3.63) is 91.4 Å². The predicted molar refractivity (Wildman–Crippen MR) is 158 cm³/mol. The van der Waals surface area contributed by atoms with Crippen LogP contribution in [-0.4, -0.2) is 40.0 Å². The van der Waals surface area contributed by atoms with Gasteiger partial charge in [-0.1, -0.05) is 23.8 Å². The summed E-state index contributed by atoms with van der Waals surface area (Å²) in [5, 5.41) is 13.6. The molecule has 3 aromatic rings. The van der Waals surface area contributed by atoms with Crippen LogP contribution in [0.2, 0.25) is 0 Å². The second kappa shape index (κ2) is 12.8. The highest BCUT2D eigenvalue weighted by atomic mass is 32.2. The van der Waals surface area contributed by atoms with Crippen LogP contribution in [0.4, 0.5) is 29.3 Å². The average Bonchev–Trinajstić information content (AvgIpc) is 3.18. The first-order valence-electron chi connectivity index (χ1n) is 13.1. The molecule has 4 rings (SSSR count).